The Morgan fingerprint density at radius 3 is 2.75 bits per heavy atom. The molecule has 1 heterocycles. The predicted octanol–water partition coefficient (Wildman–Crippen LogP) is 0.635. The number of carbonyl (C=O) groups is 1. The average Bonchev–Trinajstić information content (AvgIpc) is 2.16. The highest BCUT2D eigenvalue weighted by molar-refractivity contribution is 5.79. The standard InChI is InChI=1S/C11H21NO4/c1-10(2)8-11(9(13)14,4-6-16-10)12-5-7-15-3/h12H,4-8H2,1-3H3,(H,13,14). The summed E-state index contributed by atoms with van der Waals surface area (Å²) in [6, 6.07) is 0. The lowest BCUT2D eigenvalue weighted by molar-refractivity contribution is -0.158. The fraction of sp³-hybridized carbons (Fsp3) is 0.909. The summed E-state index contributed by atoms with van der Waals surface area (Å²) < 4.78 is 10.5. The third-order valence-electron chi connectivity index (χ3n) is 2.93. The largest absolute Gasteiger partial charge is 0.480 e. The number of carboxylic acid groups (broad SMARTS) is 1. The third-order valence-corrected chi connectivity index (χ3v) is 2.93. The number of nitrogens with one attached hydrogen (secondary N) is 1. The molecule has 0 amide bonds. The van der Waals surface area contributed by atoms with E-state index in [1.165, 1.54) is 0 Å². The van der Waals surface area contributed by atoms with Gasteiger partial charge in [0.15, 0.2) is 0 Å². The zero-order valence-electron chi connectivity index (χ0n) is 10.2. The van der Waals surface area contributed by atoms with Crippen molar-refractivity contribution in [3.05, 3.63) is 0 Å². The van der Waals surface area contributed by atoms with Gasteiger partial charge in [-0.25, -0.2) is 0 Å². The number of ether oxygens (including phenoxy) is 2. The molecule has 5 heteroatoms. The number of hydrogen-bond acceptors (Lipinski definition) is 4. The van der Waals surface area contributed by atoms with Crippen LogP contribution in [0.5, 0.6) is 0 Å². The highest BCUT2D eigenvalue weighted by Gasteiger charge is 2.46. The van der Waals surface area contributed by atoms with Gasteiger partial charge in [0.05, 0.1) is 12.2 Å². The molecule has 1 atom stereocenters. The van der Waals surface area contributed by atoms with E-state index in [0.29, 0.717) is 32.6 Å². The van der Waals surface area contributed by atoms with Crippen LogP contribution in [0.1, 0.15) is 26.7 Å². The first-order chi connectivity index (χ1) is 7.42. The molecule has 0 radical (unpaired) electrons. The molecule has 94 valence electrons. The molecule has 0 spiro atoms. The van der Waals surface area contributed by atoms with Crippen molar-refractivity contribution >= 4 is 5.97 Å². The van der Waals surface area contributed by atoms with Crippen LogP contribution < -0.4 is 5.32 Å². The van der Waals surface area contributed by atoms with Crippen molar-refractivity contribution in [1.82, 2.24) is 5.32 Å². The first-order valence-electron chi connectivity index (χ1n) is 5.53. The highest BCUT2D eigenvalue weighted by atomic mass is 16.5. The summed E-state index contributed by atoms with van der Waals surface area (Å²) in [6.07, 6.45) is 0.967. The van der Waals surface area contributed by atoms with Gasteiger partial charge in [0, 0.05) is 26.7 Å². The van der Waals surface area contributed by atoms with Crippen LogP contribution in [0.3, 0.4) is 0 Å². The lowest BCUT2D eigenvalue weighted by Crippen LogP contribution is -2.60. The Labute approximate surface area is 96.1 Å². The minimum absolute atomic E-state index is 0.392. The summed E-state index contributed by atoms with van der Waals surface area (Å²) in [4.78, 5) is 11.4. The second kappa shape index (κ2) is 5.12. The SMILES string of the molecule is COCCNC1(C(=O)O)CCOC(C)(C)C1. The number of aliphatic carboxylic acids is 1. The summed E-state index contributed by atoms with van der Waals surface area (Å²) in [5, 5.41) is 12.4. The fourth-order valence-electron chi connectivity index (χ4n) is 2.17. The van der Waals surface area contributed by atoms with E-state index in [-0.39, 0.29) is 0 Å². The Kier molecular flexibility index (Phi) is 4.29. The molecular formula is C11H21NO4. The van der Waals surface area contributed by atoms with E-state index in [9.17, 15) is 9.90 Å². The molecular weight excluding hydrogens is 210 g/mol. The van der Waals surface area contributed by atoms with Gasteiger partial charge in [-0.05, 0) is 20.3 Å². The van der Waals surface area contributed by atoms with Gasteiger partial charge in [0.1, 0.15) is 5.54 Å². The van der Waals surface area contributed by atoms with Crippen molar-refractivity contribution in [1.29, 1.82) is 0 Å². The molecule has 1 unspecified atom stereocenters. The van der Waals surface area contributed by atoms with Crippen molar-refractivity contribution < 1.29 is 19.4 Å². The molecule has 1 aliphatic rings. The monoisotopic (exact) mass is 231 g/mol. The van der Waals surface area contributed by atoms with Gasteiger partial charge < -0.3 is 14.6 Å². The van der Waals surface area contributed by atoms with E-state index in [1.54, 1.807) is 7.11 Å². The van der Waals surface area contributed by atoms with Gasteiger partial charge in [-0.2, -0.15) is 0 Å². The zero-order chi connectivity index (χ0) is 12.2. The molecule has 0 aliphatic carbocycles. The molecule has 5 nitrogen and oxygen atoms in total. The Bertz CT molecular complexity index is 254. The van der Waals surface area contributed by atoms with E-state index < -0.39 is 17.1 Å². The van der Waals surface area contributed by atoms with Gasteiger partial charge in [0.2, 0.25) is 0 Å². The molecule has 0 aromatic carbocycles. The Morgan fingerprint density at radius 2 is 2.25 bits per heavy atom. The van der Waals surface area contributed by atoms with Crippen LogP contribution in [-0.2, 0) is 14.3 Å². The van der Waals surface area contributed by atoms with E-state index in [1.807, 2.05) is 13.8 Å². The van der Waals surface area contributed by atoms with Gasteiger partial charge >= 0.3 is 5.97 Å². The van der Waals surface area contributed by atoms with Gasteiger partial charge in [-0.1, -0.05) is 0 Å². The molecule has 1 aliphatic heterocycles. The Balaban J connectivity index is 2.68. The topological polar surface area (TPSA) is 67.8 Å². The number of methoxy groups -OCH3 is 1. The van der Waals surface area contributed by atoms with E-state index in [4.69, 9.17) is 9.47 Å². The normalized spacial score (nSPS) is 28.9. The van der Waals surface area contributed by atoms with Crippen molar-refractivity contribution in [2.24, 2.45) is 0 Å². The van der Waals surface area contributed by atoms with Crippen molar-refractivity contribution in [3.8, 4) is 0 Å². The maximum atomic E-state index is 11.4. The number of rotatable bonds is 5. The van der Waals surface area contributed by atoms with Crippen LogP contribution >= 0.6 is 0 Å². The van der Waals surface area contributed by atoms with Crippen molar-refractivity contribution in [2.45, 2.75) is 37.8 Å². The van der Waals surface area contributed by atoms with Crippen LogP contribution in [-0.4, -0.2) is 49.1 Å². The second-order valence-corrected chi connectivity index (χ2v) is 4.84. The maximum absolute atomic E-state index is 11.4. The lowest BCUT2D eigenvalue weighted by Gasteiger charge is -2.42. The molecule has 1 fully saturated rings. The molecule has 0 saturated carbocycles. The summed E-state index contributed by atoms with van der Waals surface area (Å²) in [5.74, 6) is -0.806. The summed E-state index contributed by atoms with van der Waals surface area (Å²) in [7, 11) is 1.60. The molecule has 16 heavy (non-hydrogen) atoms. The zero-order valence-corrected chi connectivity index (χ0v) is 10.2. The summed E-state index contributed by atoms with van der Waals surface area (Å²) in [5.41, 5.74) is -1.27. The maximum Gasteiger partial charge on any atom is 0.324 e. The minimum Gasteiger partial charge on any atom is -0.480 e. The number of hydrogen-bond donors (Lipinski definition) is 2. The first kappa shape index (κ1) is 13.4. The van der Waals surface area contributed by atoms with Crippen molar-refractivity contribution in [3.63, 3.8) is 0 Å². The fourth-order valence-corrected chi connectivity index (χ4v) is 2.17. The smallest absolute Gasteiger partial charge is 0.324 e. The van der Waals surface area contributed by atoms with E-state index in [0.717, 1.165) is 0 Å². The summed E-state index contributed by atoms with van der Waals surface area (Å²) in [6.45, 7) is 5.36. The van der Waals surface area contributed by atoms with Crippen LogP contribution in [0.15, 0.2) is 0 Å². The van der Waals surface area contributed by atoms with Crippen LogP contribution in [0.4, 0.5) is 0 Å². The molecule has 1 saturated heterocycles. The van der Waals surface area contributed by atoms with E-state index >= 15 is 0 Å². The summed E-state index contributed by atoms with van der Waals surface area (Å²) >= 11 is 0. The molecule has 0 bridgehead atoms. The highest BCUT2D eigenvalue weighted by Crippen LogP contribution is 2.32. The predicted molar refractivity (Wildman–Crippen MR) is 59.5 cm³/mol. The average molecular weight is 231 g/mol. The Hall–Kier alpha value is -0.650. The van der Waals surface area contributed by atoms with Gasteiger partial charge in [-0.3, -0.25) is 10.1 Å². The van der Waals surface area contributed by atoms with E-state index in [2.05, 4.69) is 5.32 Å². The molecule has 0 aromatic rings. The molecule has 1 rings (SSSR count). The van der Waals surface area contributed by atoms with Crippen molar-refractivity contribution in [2.75, 3.05) is 26.9 Å². The van der Waals surface area contributed by atoms with Gasteiger partial charge in [-0.15, -0.1) is 0 Å². The Morgan fingerprint density at radius 1 is 1.56 bits per heavy atom. The van der Waals surface area contributed by atoms with Gasteiger partial charge in [0.25, 0.3) is 0 Å². The second-order valence-electron chi connectivity index (χ2n) is 4.84. The third kappa shape index (κ3) is 3.17. The quantitative estimate of drug-likeness (QED) is 0.679. The lowest BCUT2D eigenvalue weighted by atomic mass is 9.81. The number of carboxylic acids is 1. The molecule has 2 N–H and O–H groups in total. The molecule has 0 aromatic heterocycles. The first-order valence-corrected chi connectivity index (χ1v) is 5.53. The van der Waals surface area contributed by atoms with Crippen LogP contribution in [0.25, 0.3) is 0 Å². The van der Waals surface area contributed by atoms with Crippen LogP contribution in [0.2, 0.25) is 0 Å². The van der Waals surface area contributed by atoms with Crippen LogP contribution in [0, 0.1) is 0 Å². The minimum atomic E-state index is -0.875.